The summed E-state index contributed by atoms with van der Waals surface area (Å²) >= 11 is 2.04. The summed E-state index contributed by atoms with van der Waals surface area (Å²) in [6.07, 6.45) is 2.55. The fourth-order valence-electron chi connectivity index (χ4n) is 2.78. The third kappa shape index (κ3) is 4.63. The number of rotatable bonds is 5. The van der Waals surface area contributed by atoms with E-state index in [1.807, 2.05) is 97.6 Å². The molecule has 0 saturated carbocycles. The Balaban J connectivity index is 1.73. The Morgan fingerprint density at radius 1 is 1.03 bits per heavy atom. The molecule has 4 rings (SSSR count). The van der Waals surface area contributed by atoms with Crippen molar-refractivity contribution >= 4 is 63.7 Å². The number of amides is 1. The van der Waals surface area contributed by atoms with Crippen LogP contribution in [0, 0.1) is 0 Å². The van der Waals surface area contributed by atoms with E-state index in [-0.39, 0.29) is 6.01 Å². The number of carbonyl (C=O) groups excluding carboxylic acids is 1. The minimum absolute atomic E-state index is 0.112. The topological polar surface area (TPSA) is 88.7 Å². The molecule has 0 atom stereocenters. The second-order valence-corrected chi connectivity index (χ2v) is 7.68. The molecule has 2 aromatic carbocycles. The number of fused-ring (bicyclic) bond motifs is 1. The minimum atomic E-state index is -0.640. The van der Waals surface area contributed by atoms with E-state index in [9.17, 15) is 4.79 Å². The number of aliphatic imine (C=N–C) groups is 1. The van der Waals surface area contributed by atoms with E-state index < -0.39 is 6.09 Å². The van der Waals surface area contributed by atoms with Crippen LogP contribution in [0.5, 0.6) is 6.01 Å². The Morgan fingerprint density at radius 3 is 2.23 bits per heavy atom. The number of halogens is 1. The lowest BCUT2D eigenvalue weighted by molar-refractivity contribution is 0.206. The summed E-state index contributed by atoms with van der Waals surface area (Å²) in [6, 6.07) is 18.4. The second kappa shape index (κ2) is 9.08. The van der Waals surface area contributed by atoms with Gasteiger partial charge >= 0.3 is 12.1 Å². The van der Waals surface area contributed by atoms with Gasteiger partial charge in [-0.15, -0.1) is 0 Å². The zero-order valence-corrected chi connectivity index (χ0v) is 18.9. The van der Waals surface area contributed by atoms with Crippen molar-refractivity contribution in [3.05, 3.63) is 67.0 Å². The summed E-state index contributed by atoms with van der Waals surface area (Å²) in [7, 11) is 3.69. The highest BCUT2D eigenvalue weighted by atomic mass is 127. The lowest BCUT2D eigenvalue weighted by atomic mass is 10.2. The van der Waals surface area contributed by atoms with E-state index in [1.54, 1.807) is 20.3 Å². The average Bonchev–Trinajstić information content (AvgIpc) is 3.14. The zero-order chi connectivity index (χ0) is 21.8. The largest absolute Gasteiger partial charge is 0.426 e. The number of nitrogens with zero attached hydrogens (tertiary/aromatic N) is 7. The van der Waals surface area contributed by atoms with Crippen molar-refractivity contribution in [1.29, 1.82) is 0 Å². The first-order valence-corrected chi connectivity index (χ1v) is 10.2. The monoisotopic (exact) mass is 527 g/mol. The van der Waals surface area contributed by atoms with Gasteiger partial charge in [0.2, 0.25) is 0 Å². The Kier molecular flexibility index (Phi) is 6.07. The highest BCUT2D eigenvalue weighted by Gasteiger charge is 2.22. The summed E-state index contributed by atoms with van der Waals surface area (Å²) < 4.78 is 7.29. The molecule has 0 aliphatic rings. The number of aromatic nitrogens is 4. The van der Waals surface area contributed by atoms with Crippen LogP contribution < -0.4 is 9.64 Å². The van der Waals surface area contributed by atoms with Gasteiger partial charge < -0.3 is 9.64 Å². The predicted octanol–water partition coefficient (Wildman–Crippen LogP) is 4.58. The van der Waals surface area contributed by atoms with E-state index in [1.165, 1.54) is 4.90 Å². The van der Waals surface area contributed by atoms with Crippen LogP contribution in [-0.2, 0) is 0 Å². The molecule has 0 aliphatic carbocycles. The Labute approximate surface area is 192 Å². The molecule has 2 heterocycles. The summed E-state index contributed by atoms with van der Waals surface area (Å²) in [5.74, 6) is 0.308. The van der Waals surface area contributed by atoms with Crippen LogP contribution in [0.25, 0.3) is 11.2 Å². The molecule has 4 aromatic rings. The van der Waals surface area contributed by atoms with Gasteiger partial charge in [-0.05, 0) is 24.3 Å². The van der Waals surface area contributed by atoms with Crippen LogP contribution in [0.4, 0.5) is 22.0 Å². The molecule has 0 bridgehead atoms. The average molecular weight is 527 g/mol. The molecule has 156 valence electrons. The van der Waals surface area contributed by atoms with Gasteiger partial charge in [0.15, 0.2) is 17.0 Å². The molecule has 0 unspecified atom stereocenters. The van der Waals surface area contributed by atoms with Crippen molar-refractivity contribution in [2.24, 2.45) is 4.99 Å². The lowest BCUT2D eigenvalue weighted by Gasteiger charge is -2.21. The molecule has 1 amide bonds. The molecule has 9 nitrogen and oxygen atoms in total. The quantitative estimate of drug-likeness (QED) is 0.215. The van der Waals surface area contributed by atoms with Gasteiger partial charge in [-0.3, -0.25) is 2.78 Å². The number of anilines is 2. The van der Waals surface area contributed by atoms with Crippen molar-refractivity contribution < 1.29 is 9.53 Å². The van der Waals surface area contributed by atoms with E-state index in [0.29, 0.717) is 28.4 Å². The van der Waals surface area contributed by atoms with Gasteiger partial charge in [-0.25, -0.2) is 19.7 Å². The summed E-state index contributed by atoms with van der Waals surface area (Å²) in [4.78, 5) is 33.7. The first-order chi connectivity index (χ1) is 15.0. The SMILES string of the molecule is CN(C)C=Nc1nc(OC(=O)N(c2ccccc2)c2ccccc2)nc2c1ncn2I. The van der Waals surface area contributed by atoms with Crippen LogP contribution in [0.1, 0.15) is 0 Å². The Morgan fingerprint density at radius 2 is 1.65 bits per heavy atom. The van der Waals surface area contributed by atoms with Crippen LogP contribution in [0.15, 0.2) is 72.0 Å². The first-order valence-electron chi connectivity index (χ1n) is 9.27. The number of hydrogen-bond acceptors (Lipinski definition) is 6. The number of ether oxygens (including phenoxy) is 1. The van der Waals surface area contributed by atoms with Crippen molar-refractivity contribution in [2.45, 2.75) is 0 Å². The molecule has 0 fully saturated rings. The van der Waals surface area contributed by atoms with Crippen molar-refractivity contribution in [1.82, 2.24) is 22.6 Å². The fourth-order valence-corrected chi connectivity index (χ4v) is 3.24. The summed E-state index contributed by atoms with van der Waals surface area (Å²) in [5.41, 5.74) is 2.32. The molecule has 0 radical (unpaired) electrons. The maximum atomic E-state index is 13.2. The Bertz CT molecular complexity index is 1190. The van der Waals surface area contributed by atoms with E-state index >= 15 is 0 Å². The van der Waals surface area contributed by atoms with Crippen molar-refractivity contribution in [3.8, 4) is 6.01 Å². The van der Waals surface area contributed by atoms with E-state index in [4.69, 9.17) is 4.74 Å². The van der Waals surface area contributed by atoms with Gasteiger partial charge in [0.1, 0.15) is 6.33 Å². The number of hydrogen-bond donors (Lipinski definition) is 0. The standard InChI is InChI=1S/C21H18IN7O2/c1-27(2)13-24-18-17-19(28(22)14-23-17)26-20(25-18)31-21(30)29(15-9-5-3-6-10-15)16-11-7-4-8-12-16/h3-14H,1-2H3. The number of imidazole rings is 1. The van der Waals surface area contributed by atoms with Crippen molar-refractivity contribution in [3.63, 3.8) is 0 Å². The molecule has 10 heteroatoms. The summed E-state index contributed by atoms with van der Waals surface area (Å²) in [6.45, 7) is 0. The van der Waals surface area contributed by atoms with Crippen LogP contribution in [0.3, 0.4) is 0 Å². The number of para-hydroxylation sites is 2. The lowest BCUT2D eigenvalue weighted by Crippen LogP contribution is -2.29. The van der Waals surface area contributed by atoms with Crippen molar-refractivity contribution in [2.75, 3.05) is 19.0 Å². The normalized spacial score (nSPS) is 11.1. The Hall–Kier alpha value is -3.54. The third-order valence-electron chi connectivity index (χ3n) is 4.12. The molecular formula is C21H18IN7O2. The molecular weight excluding hydrogens is 509 g/mol. The van der Waals surface area contributed by atoms with E-state index in [0.717, 1.165) is 0 Å². The minimum Gasteiger partial charge on any atom is -0.373 e. The smallest absolute Gasteiger partial charge is 0.373 e. The first kappa shape index (κ1) is 20.7. The molecule has 0 spiro atoms. The highest BCUT2D eigenvalue weighted by molar-refractivity contribution is 14.1. The number of carbonyl (C=O) groups is 1. The molecule has 0 N–H and O–H groups in total. The molecule has 31 heavy (non-hydrogen) atoms. The van der Waals surface area contributed by atoms with Crippen LogP contribution in [0.2, 0.25) is 0 Å². The highest BCUT2D eigenvalue weighted by Crippen LogP contribution is 2.28. The van der Waals surface area contributed by atoms with E-state index in [2.05, 4.69) is 19.9 Å². The van der Waals surface area contributed by atoms with Gasteiger partial charge in [0, 0.05) is 14.1 Å². The van der Waals surface area contributed by atoms with Gasteiger partial charge in [-0.1, -0.05) is 36.4 Å². The van der Waals surface area contributed by atoms with Crippen LogP contribution in [-0.4, -0.2) is 49.2 Å². The maximum absolute atomic E-state index is 13.2. The third-order valence-corrected chi connectivity index (χ3v) is 4.82. The van der Waals surface area contributed by atoms with Gasteiger partial charge in [-0.2, -0.15) is 9.97 Å². The molecule has 2 aromatic heterocycles. The zero-order valence-electron chi connectivity index (χ0n) is 16.8. The maximum Gasteiger partial charge on any atom is 0.426 e. The summed E-state index contributed by atoms with van der Waals surface area (Å²) in [5, 5.41) is 0. The second-order valence-electron chi connectivity index (χ2n) is 6.64. The molecule has 0 saturated heterocycles. The number of benzene rings is 2. The fraction of sp³-hybridized carbons (Fsp3) is 0.0952. The van der Waals surface area contributed by atoms with Gasteiger partial charge in [0.05, 0.1) is 40.6 Å². The van der Waals surface area contributed by atoms with Gasteiger partial charge in [0.25, 0.3) is 0 Å². The predicted molar refractivity (Wildman–Crippen MR) is 128 cm³/mol. The van der Waals surface area contributed by atoms with Crippen LogP contribution >= 0.6 is 22.9 Å². The molecule has 0 aliphatic heterocycles.